The summed E-state index contributed by atoms with van der Waals surface area (Å²) in [6.07, 6.45) is 1.08. The molecule has 6 nitrogen and oxygen atoms in total. The molecule has 1 heterocycles. The fraction of sp³-hybridized carbons (Fsp3) is 0.444. The van der Waals surface area contributed by atoms with E-state index in [2.05, 4.69) is 12.2 Å². The van der Waals surface area contributed by atoms with E-state index in [1.165, 1.54) is 0 Å². The number of carbonyl (C=O) groups is 2. The summed E-state index contributed by atoms with van der Waals surface area (Å²) >= 11 is 0. The molecule has 33 heavy (non-hydrogen) atoms. The number of benzodiazepines with no additional fused rings is 1. The molecule has 0 unspecified atom stereocenters. The number of hydrogen-bond acceptors (Lipinski definition) is 4. The first-order chi connectivity index (χ1) is 15.8. The van der Waals surface area contributed by atoms with Crippen molar-refractivity contribution in [2.24, 2.45) is 16.8 Å². The molecule has 176 valence electrons. The molecule has 2 aromatic carbocycles. The van der Waals surface area contributed by atoms with Crippen molar-refractivity contribution in [2.45, 2.75) is 58.7 Å². The van der Waals surface area contributed by atoms with Gasteiger partial charge in [-0.3, -0.25) is 9.59 Å². The quantitative estimate of drug-likeness (QED) is 0.603. The van der Waals surface area contributed by atoms with Crippen molar-refractivity contribution in [3.8, 4) is 0 Å². The average molecular weight is 450 g/mol. The highest BCUT2D eigenvalue weighted by Gasteiger charge is 2.34. The van der Waals surface area contributed by atoms with E-state index >= 15 is 0 Å². The second-order valence-electron chi connectivity index (χ2n) is 9.11. The van der Waals surface area contributed by atoms with Gasteiger partial charge in [-0.1, -0.05) is 82.1 Å². The normalized spacial score (nSPS) is 17.8. The number of benzene rings is 2. The van der Waals surface area contributed by atoms with E-state index in [-0.39, 0.29) is 17.7 Å². The molecule has 2 aromatic rings. The van der Waals surface area contributed by atoms with Crippen molar-refractivity contribution in [3.05, 3.63) is 65.7 Å². The highest BCUT2D eigenvalue weighted by atomic mass is 16.3. The van der Waals surface area contributed by atoms with Crippen molar-refractivity contribution in [1.29, 1.82) is 0 Å². The fourth-order valence-electron chi connectivity index (χ4n) is 4.25. The van der Waals surface area contributed by atoms with Gasteiger partial charge in [-0.05, 0) is 24.8 Å². The van der Waals surface area contributed by atoms with E-state index in [4.69, 9.17) is 4.99 Å². The molecule has 0 spiro atoms. The van der Waals surface area contributed by atoms with E-state index in [9.17, 15) is 14.7 Å². The Morgan fingerprint density at radius 3 is 2.45 bits per heavy atom. The van der Waals surface area contributed by atoms with Crippen LogP contribution in [0.4, 0.5) is 5.69 Å². The minimum absolute atomic E-state index is 0.233. The molecule has 0 saturated heterocycles. The summed E-state index contributed by atoms with van der Waals surface area (Å²) < 4.78 is 0. The second-order valence-corrected chi connectivity index (χ2v) is 9.11. The SMILES string of the molecule is CCCC[C@H](O)[C@@H](CC(C)C)C(=O)N[C@H]1N=C(c2ccccc2)c2ccccc2N(C)C1=O. The Morgan fingerprint density at radius 1 is 1.12 bits per heavy atom. The molecule has 3 atom stereocenters. The molecule has 0 aromatic heterocycles. The van der Waals surface area contributed by atoms with Gasteiger partial charge in [-0.15, -0.1) is 0 Å². The van der Waals surface area contributed by atoms with Crippen LogP contribution in [-0.2, 0) is 9.59 Å². The van der Waals surface area contributed by atoms with Crippen LogP contribution in [-0.4, -0.2) is 41.9 Å². The number of aliphatic imine (C=N–C) groups is 1. The van der Waals surface area contributed by atoms with Gasteiger partial charge in [0.05, 0.1) is 23.4 Å². The van der Waals surface area contributed by atoms with Crippen LogP contribution >= 0.6 is 0 Å². The zero-order valence-corrected chi connectivity index (χ0v) is 20.0. The molecule has 3 rings (SSSR count). The smallest absolute Gasteiger partial charge is 0.272 e. The van der Waals surface area contributed by atoms with Crippen LogP contribution in [0.15, 0.2) is 59.6 Å². The summed E-state index contributed by atoms with van der Waals surface area (Å²) in [5.74, 6) is -0.998. The summed E-state index contributed by atoms with van der Waals surface area (Å²) in [5, 5.41) is 13.6. The molecule has 6 heteroatoms. The number of nitrogens with one attached hydrogen (secondary N) is 1. The Balaban J connectivity index is 1.97. The highest BCUT2D eigenvalue weighted by Crippen LogP contribution is 2.27. The highest BCUT2D eigenvalue weighted by molar-refractivity contribution is 6.20. The number of aliphatic hydroxyl groups excluding tert-OH is 1. The number of fused-ring (bicyclic) bond motifs is 1. The van der Waals surface area contributed by atoms with Crippen LogP contribution in [0.5, 0.6) is 0 Å². The first kappa shape index (κ1) is 24.6. The third-order valence-corrected chi connectivity index (χ3v) is 6.05. The number of para-hydroxylation sites is 1. The Labute approximate surface area is 196 Å². The number of amides is 2. The molecule has 0 bridgehead atoms. The topological polar surface area (TPSA) is 82.0 Å². The largest absolute Gasteiger partial charge is 0.392 e. The molecule has 0 radical (unpaired) electrons. The number of likely N-dealkylation sites (N-methyl/N-ethyl adjacent to an activating group) is 1. The Kier molecular flexibility index (Phi) is 8.39. The predicted molar refractivity (Wildman–Crippen MR) is 132 cm³/mol. The van der Waals surface area contributed by atoms with Crippen LogP contribution in [0, 0.1) is 11.8 Å². The van der Waals surface area contributed by atoms with Gasteiger partial charge >= 0.3 is 0 Å². The third-order valence-electron chi connectivity index (χ3n) is 6.05. The summed E-state index contributed by atoms with van der Waals surface area (Å²) in [6, 6.07) is 17.3. The molecule has 1 aliphatic heterocycles. The van der Waals surface area contributed by atoms with Gasteiger partial charge in [-0.2, -0.15) is 0 Å². The monoisotopic (exact) mass is 449 g/mol. The van der Waals surface area contributed by atoms with Crippen LogP contribution in [0.25, 0.3) is 0 Å². The first-order valence-corrected chi connectivity index (χ1v) is 11.8. The maximum Gasteiger partial charge on any atom is 0.272 e. The maximum absolute atomic E-state index is 13.3. The van der Waals surface area contributed by atoms with Crippen molar-refractivity contribution < 1.29 is 14.7 Å². The Morgan fingerprint density at radius 2 is 1.79 bits per heavy atom. The number of aliphatic hydroxyl groups is 1. The second kappa shape index (κ2) is 11.2. The molecule has 0 aliphatic carbocycles. The van der Waals surface area contributed by atoms with E-state index in [1.807, 2.05) is 68.4 Å². The minimum Gasteiger partial charge on any atom is -0.392 e. The van der Waals surface area contributed by atoms with Gasteiger partial charge in [0.15, 0.2) is 0 Å². The van der Waals surface area contributed by atoms with Gasteiger partial charge in [0.25, 0.3) is 5.91 Å². The predicted octanol–water partition coefficient (Wildman–Crippen LogP) is 4.16. The van der Waals surface area contributed by atoms with Crippen LogP contribution in [0.2, 0.25) is 0 Å². The molecular weight excluding hydrogens is 414 g/mol. The van der Waals surface area contributed by atoms with Crippen molar-refractivity contribution in [1.82, 2.24) is 5.32 Å². The lowest BCUT2D eigenvalue weighted by Gasteiger charge is -2.26. The number of nitrogens with zero attached hydrogens (tertiary/aromatic N) is 2. The molecule has 2 amide bonds. The van der Waals surface area contributed by atoms with Crippen molar-refractivity contribution >= 4 is 23.2 Å². The van der Waals surface area contributed by atoms with E-state index in [1.54, 1.807) is 11.9 Å². The summed E-state index contributed by atoms with van der Waals surface area (Å²) in [7, 11) is 1.70. The van der Waals surface area contributed by atoms with E-state index in [0.717, 1.165) is 29.7 Å². The van der Waals surface area contributed by atoms with Crippen molar-refractivity contribution in [3.63, 3.8) is 0 Å². The number of hydrogen-bond donors (Lipinski definition) is 2. The average Bonchev–Trinajstić information content (AvgIpc) is 2.92. The number of anilines is 1. The lowest BCUT2D eigenvalue weighted by atomic mass is 9.88. The molecule has 1 aliphatic rings. The van der Waals surface area contributed by atoms with E-state index in [0.29, 0.717) is 18.6 Å². The van der Waals surface area contributed by atoms with Gasteiger partial charge in [0, 0.05) is 18.2 Å². The maximum atomic E-state index is 13.3. The van der Waals surface area contributed by atoms with Crippen LogP contribution in [0.3, 0.4) is 0 Å². The van der Waals surface area contributed by atoms with Gasteiger partial charge in [0.1, 0.15) is 0 Å². The lowest BCUT2D eigenvalue weighted by Crippen LogP contribution is -2.49. The zero-order valence-electron chi connectivity index (χ0n) is 20.0. The Bertz CT molecular complexity index is 987. The lowest BCUT2D eigenvalue weighted by molar-refractivity contribution is -0.133. The molecule has 0 fully saturated rings. The third kappa shape index (κ3) is 5.88. The zero-order chi connectivity index (χ0) is 24.0. The molecule has 2 N–H and O–H groups in total. The van der Waals surface area contributed by atoms with Crippen LogP contribution < -0.4 is 10.2 Å². The van der Waals surface area contributed by atoms with Gasteiger partial charge in [-0.25, -0.2) is 4.99 Å². The Hall–Kier alpha value is -2.99. The number of unbranched alkanes of at least 4 members (excludes halogenated alkanes) is 1. The minimum atomic E-state index is -1.07. The number of carbonyl (C=O) groups excluding carboxylic acids is 2. The molecular formula is C27H35N3O3. The standard InChI is InChI=1S/C27H35N3O3/c1-5-6-16-23(31)21(17-18(2)3)26(32)29-25-27(33)30(4)22-15-11-10-14-20(22)24(28-25)19-12-8-7-9-13-19/h7-15,18,21,23,25,31H,5-6,16-17H2,1-4H3,(H,29,32)/t21-,23+,25-/m1/s1. The van der Waals surface area contributed by atoms with Gasteiger partial charge < -0.3 is 15.3 Å². The van der Waals surface area contributed by atoms with Crippen LogP contribution in [0.1, 0.15) is 57.6 Å². The summed E-state index contributed by atoms with van der Waals surface area (Å²) in [4.78, 5) is 33.0. The molecule has 0 saturated carbocycles. The summed E-state index contributed by atoms with van der Waals surface area (Å²) in [6.45, 7) is 6.11. The number of rotatable bonds is 9. The van der Waals surface area contributed by atoms with E-state index < -0.39 is 18.2 Å². The summed E-state index contributed by atoms with van der Waals surface area (Å²) in [5.41, 5.74) is 3.09. The fourth-order valence-corrected chi connectivity index (χ4v) is 4.25. The van der Waals surface area contributed by atoms with Gasteiger partial charge in [0.2, 0.25) is 12.1 Å². The first-order valence-electron chi connectivity index (χ1n) is 11.8. The van der Waals surface area contributed by atoms with Crippen molar-refractivity contribution in [2.75, 3.05) is 11.9 Å².